The minimum atomic E-state index is -3.73. The van der Waals surface area contributed by atoms with Crippen molar-refractivity contribution in [3.05, 3.63) is 53.6 Å². The summed E-state index contributed by atoms with van der Waals surface area (Å²) in [5.74, 6) is -1.37. The third-order valence-corrected chi connectivity index (χ3v) is 5.49. The maximum atomic E-state index is 13.5. The van der Waals surface area contributed by atoms with E-state index in [1.54, 1.807) is 18.2 Å². The number of nitrogens with one attached hydrogen (secondary N) is 1. The number of halogens is 2. The molecule has 2 aromatic carbocycles. The van der Waals surface area contributed by atoms with Gasteiger partial charge in [-0.05, 0) is 36.2 Å². The first-order valence-electron chi connectivity index (χ1n) is 9.06. The van der Waals surface area contributed by atoms with Crippen LogP contribution in [0.5, 0.6) is 11.5 Å². The van der Waals surface area contributed by atoms with Crippen LogP contribution in [0.3, 0.4) is 0 Å². The van der Waals surface area contributed by atoms with Crippen LogP contribution in [0.2, 0.25) is 0 Å². The van der Waals surface area contributed by atoms with Crippen LogP contribution in [0.4, 0.5) is 14.5 Å². The predicted molar refractivity (Wildman–Crippen MR) is 109 cm³/mol. The molecule has 0 aliphatic heterocycles. The summed E-state index contributed by atoms with van der Waals surface area (Å²) in [4.78, 5) is 12.1. The topological polar surface area (TPSA) is 84.9 Å². The molecule has 0 aromatic heterocycles. The van der Waals surface area contributed by atoms with Crippen LogP contribution in [0.1, 0.15) is 18.4 Å². The third kappa shape index (κ3) is 6.31. The average Bonchev–Trinajstić information content (AvgIpc) is 2.70. The third-order valence-electron chi connectivity index (χ3n) is 4.29. The first-order valence-corrected chi connectivity index (χ1v) is 10.9. The van der Waals surface area contributed by atoms with Crippen LogP contribution in [0.15, 0.2) is 36.4 Å². The van der Waals surface area contributed by atoms with E-state index in [0.717, 1.165) is 28.3 Å². The molecular weight excluding hydrogens is 418 g/mol. The summed E-state index contributed by atoms with van der Waals surface area (Å²) in [6.07, 6.45) is 1.22. The molecule has 10 heteroatoms. The Morgan fingerprint density at radius 2 is 1.73 bits per heavy atom. The predicted octanol–water partition coefficient (Wildman–Crippen LogP) is 2.84. The highest BCUT2D eigenvalue weighted by Gasteiger charge is 2.19. The molecule has 0 aliphatic carbocycles. The Morgan fingerprint density at radius 1 is 1.03 bits per heavy atom. The Bertz CT molecular complexity index is 999. The second kappa shape index (κ2) is 10.2. The van der Waals surface area contributed by atoms with Crippen molar-refractivity contribution >= 4 is 21.6 Å². The molecule has 0 heterocycles. The van der Waals surface area contributed by atoms with E-state index >= 15 is 0 Å². The first-order chi connectivity index (χ1) is 14.2. The van der Waals surface area contributed by atoms with Crippen molar-refractivity contribution < 1.29 is 31.5 Å². The lowest BCUT2D eigenvalue weighted by atomic mass is 10.2. The molecule has 0 spiro atoms. The van der Waals surface area contributed by atoms with E-state index in [9.17, 15) is 22.0 Å². The van der Waals surface area contributed by atoms with Crippen molar-refractivity contribution in [3.8, 4) is 11.5 Å². The first kappa shape index (κ1) is 23.4. The van der Waals surface area contributed by atoms with E-state index in [1.807, 2.05) is 0 Å². The van der Waals surface area contributed by atoms with Crippen LogP contribution in [0.25, 0.3) is 0 Å². The zero-order valence-corrected chi connectivity index (χ0v) is 17.8. The molecule has 2 rings (SSSR count). The highest BCUT2D eigenvalue weighted by Crippen LogP contribution is 2.27. The number of sulfonamides is 1. The largest absolute Gasteiger partial charge is 0.493 e. The van der Waals surface area contributed by atoms with Gasteiger partial charge in [0.25, 0.3) is 0 Å². The van der Waals surface area contributed by atoms with Gasteiger partial charge in [-0.25, -0.2) is 17.2 Å². The molecule has 0 atom stereocenters. The highest BCUT2D eigenvalue weighted by molar-refractivity contribution is 7.92. The SMILES string of the molecule is COc1ccc(CNC(=O)CCCN(c2ccc(F)c(F)c2)S(C)(=O)=O)cc1OC. The number of nitrogens with zero attached hydrogens (tertiary/aromatic N) is 1. The van der Waals surface area contributed by atoms with Gasteiger partial charge < -0.3 is 14.8 Å². The van der Waals surface area contributed by atoms with E-state index in [0.29, 0.717) is 11.5 Å². The molecule has 0 fully saturated rings. The Kier molecular flexibility index (Phi) is 7.99. The molecule has 0 bridgehead atoms. The van der Waals surface area contributed by atoms with E-state index < -0.39 is 21.7 Å². The zero-order chi connectivity index (χ0) is 22.3. The monoisotopic (exact) mass is 442 g/mol. The number of amides is 1. The molecule has 0 saturated heterocycles. The van der Waals surface area contributed by atoms with Gasteiger partial charge >= 0.3 is 0 Å². The van der Waals surface area contributed by atoms with Crippen molar-refractivity contribution in [2.24, 2.45) is 0 Å². The summed E-state index contributed by atoms with van der Waals surface area (Å²) < 4.78 is 61.9. The Morgan fingerprint density at radius 3 is 2.33 bits per heavy atom. The summed E-state index contributed by atoms with van der Waals surface area (Å²) in [6.45, 7) is 0.214. The van der Waals surface area contributed by atoms with Gasteiger partial charge in [0.1, 0.15) is 0 Å². The summed E-state index contributed by atoms with van der Waals surface area (Å²) in [6, 6.07) is 8.11. The number of hydrogen-bond donors (Lipinski definition) is 1. The van der Waals surface area contributed by atoms with Crippen molar-refractivity contribution in [2.75, 3.05) is 31.3 Å². The minimum absolute atomic E-state index is 0.00198. The number of hydrogen-bond acceptors (Lipinski definition) is 5. The number of carbonyl (C=O) groups is 1. The molecule has 30 heavy (non-hydrogen) atoms. The van der Waals surface area contributed by atoms with Crippen LogP contribution in [0, 0.1) is 11.6 Å². The Balaban J connectivity index is 1.92. The lowest BCUT2D eigenvalue weighted by molar-refractivity contribution is -0.121. The van der Waals surface area contributed by atoms with E-state index in [1.165, 1.54) is 20.3 Å². The number of rotatable bonds is 10. The number of anilines is 1. The van der Waals surface area contributed by atoms with Gasteiger partial charge in [-0.15, -0.1) is 0 Å². The molecule has 2 aromatic rings. The normalized spacial score (nSPS) is 11.1. The number of methoxy groups -OCH3 is 2. The van der Waals surface area contributed by atoms with Crippen molar-refractivity contribution in [1.29, 1.82) is 0 Å². The van der Waals surface area contributed by atoms with Crippen molar-refractivity contribution in [2.45, 2.75) is 19.4 Å². The smallest absolute Gasteiger partial charge is 0.232 e. The fraction of sp³-hybridized carbons (Fsp3) is 0.350. The summed E-state index contributed by atoms with van der Waals surface area (Å²) in [5, 5.41) is 2.74. The number of ether oxygens (including phenoxy) is 2. The van der Waals surface area contributed by atoms with Crippen molar-refractivity contribution in [3.63, 3.8) is 0 Å². The lowest BCUT2D eigenvalue weighted by Gasteiger charge is -2.22. The van der Waals surface area contributed by atoms with Crippen molar-refractivity contribution in [1.82, 2.24) is 5.32 Å². The Hall–Kier alpha value is -2.88. The molecule has 0 unspecified atom stereocenters. The molecule has 1 N–H and O–H groups in total. The fourth-order valence-corrected chi connectivity index (χ4v) is 3.75. The van der Waals surface area contributed by atoms with Crippen LogP contribution in [-0.4, -0.2) is 41.3 Å². The maximum Gasteiger partial charge on any atom is 0.232 e. The van der Waals surface area contributed by atoms with Gasteiger partial charge in [-0.3, -0.25) is 9.10 Å². The number of carbonyl (C=O) groups excluding carboxylic acids is 1. The molecule has 0 radical (unpaired) electrons. The minimum Gasteiger partial charge on any atom is -0.493 e. The van der Waals surface area contributed by atoms with Gasteiger partial charge in [0.15, 0.2) is 23.1 Å². The maximum absolute atomic E-state index is 13.5. The molecule has 0 saturated carbocycles. The highest BCUT2D eigenvalue weighted by atomic mass is 32.2. The molecule has 1 amide bonds. The summed E-state index contributed by atoms with van der Waals surface area (Å²) >= 11 is 0. The standard InChI is InChI=1S/C20H24F2N2O5S/c1-28-18-9-6-14(11-19(18)29-2)13-23-20(25)5-4-10-24(30(3,26)27)15-7-8-16(21)17(22)12-15/h6-9,11-12H,4-5,10,13H2,1-3H3,(H,23,25). The van der Waals surface area contributed by atoms with E-state index in [-0.39, 0.29) is 37.5 Å². The lowest BCUT2D eigenvalue weighted by Crippen LogP contribution is -2.32. The number of benzene rings is 2. The quantitative estimate of drug-likeness (QED) is 0.612. The van der Waals surface area contributed by atoms with Gasteiger partial charge in [0.2, 0.25) is 15.9 Å². The van der Waals surface area contributed by atoms with Crippen LogP contribution >= 0.6 is 0 Å². The van der Waals surface area contributed by atoms with Crippen LogP contribution in [-0.2, 0) is 21.4 Å². The van der Waals surface area contributed by atoms with Gasteiger partial charge in [-0.2, -0.15) is 0 Å². The molecule has 0 aliphatic rings. The molecule has 7 nitrogen and oxygen atoms in total. The summed E-state index contributed by atoms with van der Waals surface area (Å²) in [5.41, 5.74) is 0.808. The fourth-order valence-electron chi connectivity index (χ4n) is 2.79. The molecule has 164 valence electrons. The summed E-state index contributed by atoms with van der Waals surface area (Å²) in [7, 11) is -0.687. The second-order valence-electron chi connectivity index (χ2n) is 6.50. The van der Waals surface area contributed by atoms with Crippen LogP contribution < -0.4 is 19.1 Å². The van der Waals surface area contributed by atoms with E-state index in [2.05, 4.69) is 5.32 Å². The van der Waals surface area contributed by atoms with Gasteiger partial charge in [0, 0.05) is 25.6 Å². The van der Waals surface area contributed by atoms with E-state index in [4.69, 9.17) is 9.47 Å². The zero-order valence-electron chi connectivity index (χ0n) is 16.9. The van der Waals surface area contributed by atoms with Gasteiger partial charge in [0.05, 0.1) is 26.2 Å². The van der Waals surface area contributed by atoms with Gasteiger partial charge in [-0.1, -0.05) is 6.07 Å². The Labute approximate surface area is 174 Å². The average molecular weight is 442 g/mol. The second-order valence-corrected chi connectivity index (χ2v) is 8.41. The molecular formula is C20H24F2N2O5S.